The first-order chi connectivity index (χ1) is 8.49. The molecule has 1 amide bonds. The fourth-order valence-electron chi connectivity index (χ4n) is 1.39. The lowest BCUT2D eigenvalue weighted by molar-refractivity contribution is -0.385. The largest absolute Gasteiger partial charge is 0.489 e. The van der Waals surface area contributed by atoms with Crippen LogP contribution in [0.5, 0.6) is 5.75 Å². The summed E-state index contributed by atoms with van der Waals surface area (Å²) in [5.74, 6) is -0.167. The van der Waals surface area contributed by atoms with Crippen molar-refractivity contribution in [2.45, 2.75) is 18.9 Å². The van der Waals surface area contributed by atoms with E-state index < -0.39 is 10.8 Å². The number of hydrogen-bond donors (Lipinski definition) is 0. The van der Waals surface area contributed by atoms with Gasteiger partial charge in [-0.05, 0) is 12.8 Å². The van der Waals surface area contributed by atoms with Crippen LogP contribution < -0.4 is 4.74 Å². The smallest absolute Gasteiger partial charge is 0.304 e. The average molecular weight is 251 g/mol. The first-order valence-corrected chi connectivity index (χ1v) is 5.52. The van der Waals surface area contributed by atoms with Crippen molar-refractivity contribution >= 4 is 11.6 Å². The Bertz CT molecular complexity index is 497. The van der Waals surface area contributed by atoms with Gasteiger partial charge in [0.25, 0.3) is 5.91 Å². The Kier molecular flexibility index (Phi) is 3.14. The number of carbonyl (C=O) groups is 1. The number of amides is 1. The molecule has 0 aliphatic heterocycles. The summed E-state index contributed by atoms with van der Waals surface area (Å²) < 4.78 is 5.42. The molecule has 1 fully saturated rings. The van der Waals surface area contributed by atoms with Gasteiger partial charge in [-0.15, -0.1) is 0 Å². The van der Waals surface area contributed by atoms with Gasteiger partial charge in [0.15, 0.2) is 0 Å². The van der Waals surface area contributed by atoms with Crippen LogP contribution in [0.1, 0.15) is 23.3 Å². The maximum absolute atomic E-state index is 11.7. The Morgan fingerprint density at radius 3 is 2.72 bits per heavy atom. The van der Waals surface area contributed by atoms with Crippen LogP contribution in [-0.2, 0) is 0 Å². The van der Waals surface area contributed by atoms with Gasteiger partial charge in [-0.3, -0.25) is 14.9 Å². The SMILES string of the molecule is CN(C)C(=O)c1ncc(OC2CC2)cc1[N+](=O)[O-]. The molecule has 0 radical (unpaired) electrons. The number of nitro groups is 1. The van der Waals surface area contributed by atoms with Crippen molar-refractivity contribution in [2.24, 2.45) is 0 Å². The van der Waals surface area contributed by atoms with Crippen LogP contribution in [0.4, 0.5) is 5.69 Å². The van der Waals surface area contributed by atoms with E-state index in [0.717, 1.165) is 12.8 Å². The van der Waals surface area contributed by atoms with Crippen LogP contribution in [0.3, 0.4) is 0 Å². The minimum atomic E-state index is -0.622. The monoisotopic (exact) mass is 251 g/mol. The van der Waals surface area contributed by atoms with E-state index in [9.17, 15) is 14.9 Å². The number of pyridine rings is 1. The Hall–Kier alpha value is -2.18. The zero-order valence-electron chi connectivity index (χ0n) is 10.1. The summed E-state index contributed by atoms with van der Waals surface area (Å²) in [4.78, 5) is 27.1. The molecular weight excluding hydrogens is 238 g/mol. The Morgan fingerprint density at radius 1 is 1.56 bits per heavy atom. The van der Waals surface area contributed by atoms with Gasteiger partial charge in [0, 0.05) is 14.1 Å². The summed E-state index contributed by atoms with van der Waals surface area (Å²) in [5.41, 5.74) is -0.500. The van der Waals surface area contributed by atoms with Gasteiger partial charge in [-0.25, -0.2) is 4.98 Å². The van der Waals surface area contributed by atoms with Gasteiger partial charge in [-0.1, -0.05) is 0 Å². The van der Waals surface area contributed by atoms with E-state index in [1.165, 1.54) is 31.3 Å². The minimum Gasteiger partial charge on any atom is -0.489 e. The number of carbonyl (C=O) groups excluding carboxylic acids is 1. The number of rotatable bonds is 4. The Balaban J connectivity index is 2.34. The fraction of sp³-hybridized carbons (Fsp3) is 0.455. The quantitative estimate of drug-likeness (QED) is 0.593. The lowest BCUT2D eigenvalue weighted by Gasteiger charge is -2.10. The molecule has 2 rings (SSSR count). The lowest BCUT2D eigenvalue weighted by atomic mass is 10.2. The fourth-order valence-corrected chi connectivity index (χ4v) is 1.39. The van der Waals surface area contributed by atoms with Crippen LogP contribution in [0.15, 0.2) is 12.3 Å². The van der Waals surface area contributed by atoms with E-state index in [1.54, 1.807) is 0 Å². The first-order valence-electron chi connectivity index (χ1n) is 5.52. The molecule has 1 aliphatic rings. The van der Waals surface area contributed by atoms with E-state index >= 15 is 0 Å². The topological polar surface area (TPSA) is 85.6 Å². The second kappa shape index (κ2) is 4.59. The van der Waals surface area contributed by atoms with Gasteiger partial charge >= 0.3 is 5.69 Å². The number of ether oxygens (including phenoxy) is 1. The van der Waals surface area contributed by atoms with Crippen LogP contribution in [0.2, 0.25) is 0 Å². The number of hydrogen-bond acceptors (Lipinski definition) is 5. The second-order valence-corrected chi connectivity index (χ2v) is 4.31. The van der Waals surface area contributed by atoms with Gasteiger partial charge < -0.3 is 9.64 Å². The van der Waals surface area contributed by atoms with Gasteiger partial charge in [0.05, 0.1) is 23.3 Å². The van der Waals surface area contributed by atoms with Crippen molar-refractivity contribution in [3.8, 4) is 5.75 Å². The maximum Gasteiger partial charge on any atom is 0.304 e. The molecule has 1 heterocycles. The summed E-state index contributed by atoms with van der Waals surface area (Å²) >= 11 is 0. The minimum absolute atomic E-state index is 0.127. The molecule has 1 saturated carbocycles. The molecule has 1 aromatic rings. The Morgan fingerprint density at radius 2 is 2.22 bits per heavy atom. The third-order valence-corrected chi connectivity index (χ3v) is 2.48. The highest BCUT2D eigenvalue weighted by Crippen LogP contribution is 2.29. The number of aromatic nitrogens is 1. The molecule has 7 nitrogen and oxygen atoms in total. The van der Waals surface area contributed by atoms with Gasteiger partial charge in [0.2, 0.25) is 5.69 Å². The maximum atomic E-state index is 11.7. The highest BCUT2D eigenvalue weighted by atomic mass is 16.6. The summed E-state index contributed by atoms with van der Waals surface area (Å²) in [6.45, 7) is 0. The normalized spacial score (nSPS) is 14.1. The molecule has 96 valence electrons. The van der Waals surface area contributed by atoms with Crippen molar-refractivity contribution in [2.75, 3.05) is 14.1 Å². The molecule has 18 heavy (non-hydrogen) atoms. The van der Waals surface area contributed by atoms with E-state index in [2.05, 4.69) is 4.98 Å². The van der Waals surface area contributed by atoms with Crippen LogP contribution in [0.25, 0.3) is 0 Å². The molecule has 0 spiro atoms. The third kappa shape index (κ3) is 2.55. The summed E-state index contributed by atoms with van der Waals surface area (Å²) in [6.07, 6.45) is 3.38. The molecule has 0 bridgehead atoms. The van der Waals surface area contributed by atoms with Crippen molar-refractivity contribution in [3.05, 3.63) is 28.1 Å². The molecule has 1 aliphatic carbocycles. The van der Waals surface area contributed by atoms with Crippen molar-refractivity contribution < 1.29 is 14.5 Å². The molecule has 0 atom stereocenters. The highest BCUT2D eigenvalue weighted by molar-refractivity contribution is 5.95. The summed E-state index contributed by atoms with van der Waals surface area (Å²) in [7, 11) is 3.03. The van der Waals surface area contributed by atoms with Crippen molar-refractivity contribution in [1.82, 2.24) is 9.88 Å². The third-order valence-electron chi connectivity index (χ3n) is 2.48. The predicted octanol–water partition coefficient (Wildman–Crippen LogP) is 1.23. The molecule has 1 aromatic heterocycles. The van der Waals surface area contributed by atoms with Gasteiger partial charge in [0.1, 0.15) is 5.75 Å². The zero-order valence-corrected chi connectivity index (χ0v) is 10.1. The summed E-state index contributed by atoms with van der Waals surface area (Å²) in [5, 5.41) is 10.9. The molecular formula is C11H13N3O4. The molecule has 0 unspecified atom stereocenters. The lowest BCUT2D eigenvalue weighted by Crippen LogP contribution is -2.23. The molecule has 0 aromatic carbocycles. The standard InChI is InChI=1S/C11H13N3O4/c1-13(2)11(15)10-9(14(16)17)5-8(6-12-10)18-7-3-4-7/h5-7H,3-4H2,1-2H3. The van der Waals surface area contributed by atoms with E-state index in [0.29, 0.717) is 5.75 Å². The van der Waals surface area contributed by atoms with E-state index in [1.807, 2.05) is 0 Å². The van der Waals surface area contributed by atoms with E-state index in [4.69, 9.17) is 4.74 Å². The van der Waals surface area contributed by atoms with Crippen LogP contribution >= 0.6 is 0 Å². The van der Waals surface area contributed by atoms with Crippen molar-refractivity contribution in [3.63, 3.8) is 0 Å². The zero-order chi connectivity index (χ0) is 13.3. The number of nitrogens with zero attached hydrogens (tertiary/aromatic N) is 3. The summed E-state index contributed by atoms with van der Waals surface area (Å²) in [6, 6.07) is 1.25. The van der Waals surface area contributed by atoms with E-state index in [-0.39, 0.29) is 17.5 Å². The molecule has 0 saturated heterocycles. The van der Waals surface area contributed by atoms with Crippen molar-refractivity contribution in [1.29, 1.82) is 0 Å². The second-order valence-electron chi connectivity index (χ2n) is 4.31. The average Bonchev–Trinajstić information content (AvgIpc) is 3.11. The van der Waals surface area contributed by atoms with Crippen LogP contribution in [-0.4, -0.2) is 40.9 Å². The molecule has 0 N–H and O–H groups in total. The molecule has 7 heteroatoms. The van der Waals surface area contributed by atoms with Gasteiger partial charge in [-0.2, -0.15) is 0 Å². The van der Waals surface area contributed by atoms with Crippen LogP contribution in [0, 0.1) is 10.1 Å². The first kappa shape index (κ1) is 12.3. The predicted molar refractivity (Wildman–Crippen MR) is 62.6 cm³/mol. The Labute approximate surface area is 104 Å². The highest BCUT2D eigenvalue weighted by Gasteiger charge is 2.27.